The summed E-state index contributed by atoms with van der Waals surface area (Å²) in [5.41, 5.74) is 0. The topological polar surface area (TPSA) is 95.9 Å². The Hall–Kier alpha value is -1.66. The van der Waals surface area contributed by atoms with Crippen molar-refractivity contribution in [2.24, 2.45) is 0 Å². The number of aliphatic hydroxyl groups is 2. The number of ether oxygens (including phenoxy) is 1. The molecule has 2 atom stereocenters. The zero-order valence-electron chi connectivity index (χ0n) is 38.1. The minimum Gasteiger partial charge on any atom is -0.466 e. The van der Waals surface area contributed by atoms with Gasteiger partial charge in [-0.05, 0) is 70.6 Å². The number of aliphatic hydroxyl groups excluding tert-OH is 2. The lowest BCUT2D eigenvalue weighted by molar-refractivity contribution is -0.143. The van der Waals surface area contributed by atoms with Gasteiger partial charge in [0.25, 0.3) is 0 Å². The van der Waals surface area contributed by atoms with Crippen molar-refractivity contribution < 1.29 is 24.5 Å². The molecule has 0 aliphatic carbocycles. The second kappa shape index (κ2) is 47.0. The minimum atomic E-state index is -0.694. The van der Waals surface area contributed by atoms with Crippen LogP contribution in [0.25, 0.3) is 0 Å². The SMILES string of the molecule is CCCCCCCC/C=C\CCCCCCCCCCCC(=O)OCCCCCC/C=C\CCCC(=O)NC(CO)C(O)CCCCCCCCCCCCCC. The third-order valence-corrected chi connectivity index (χ3v) is 11.5. The molecule has 6 heteroatoms. The van der Waals surface area contributed by atoms with Gasteiger partial charge in [-0.2, -0.15) is 0 Å². The van der Waals surface area contributed by atoms with E-state index in [2.05, 4.69) is 43.5 Å². The quantitative estimate of drug-likeness (QED) is 0.0324. The highest BCUT2D eigenvalue weighted by molar-refractivity contribution is 5.76. The first-order valence-electron chi connectivity index (χ1n) is 25.1. The van der Waals surface area contributed by atoms with Crippen molar-refractivity contribution in [2.75, 3.05) is 13.2 Å². The van der Waals surface area contributed by atoms with Crippen molar-refractivity contribution in [1.29, 1.82) is 0 Å². The zero-order valence-corrected chi connectivity index (χ0v) is 38.1. The fourth-order valence-corrected chi connectivity index (χ4v) is 7.58. The van der Waals surface area contributed by atoms with Gasteiger partial charge in [-0.15, -0.1) is 0 Å². The average Bonchev–Trinajstić information content (AvgIpc) is 3.21. The Morgan fingerprint density at radius 1 is 0.474 bits per heavy atom. The number of rotatable bonds is 46. The predicted molar refractivity (Wildman–Crippen MR) is 246 cm³/mol. The minimum absolute atomic E-state index is 0.0366. The van der Waals surface area contributed by atoms with Gasteiger partial charge in [0.15, 0.2) is 0 Å². The summed E-state index contributed by atoms with van der Waals surface area (Å²) in [4.78, 5) is 24.4. The summed E-state index contributed by atoms with van der Waals surface area (Å²) in [5.74, 6) is -0.133. The Morgan fingerprint density at radius 2 is 0.842 bits per heavy atom. The van der Waals surface area contributed by atoms with E-state index in [9.17, 15) is 19.8 Å². The van der Waals surface area contributed by atoms with Crippen LogP contribution in [-0.4, -0.2) is 47.4 Å². The second-order valence-corrected chi connectivity index (χ2v) is 17.1. The van der Waals surface area contributed by atoms with Crippen LogP contribution >= 0.6 is 0 Å². The summed E-state index contributed by atoms with van der Waals surface area (Å²) < 4.78 is 5.45. The van der Waals surface area contributed by atoms with Crippen molar-refractivity contribution in [3.63, 3.8) is 0 Å². The molecule has 336 valence electrons. The number of allylic oxidation sites excluding steroid dienone is 4. The molecular weight excluding hydrogens is 707 g/mol. The van der Waals surface area contributed by atoms with Gasteiger partial charge in [0.1, 0.15) is 0 Å². The normalized spacial score (nSPS) is 12.8. The molecule has 3 N–H and O–H groups in total. The van der Waals surface area contributed by atoms with Crippen LogP contribution < -0.4 is 5.32 Å². The van der Waals surface area contributed by atoms with Gasteiger partial charge < -0.3 is 20.3 Å². The van der Waals surface area contributed by atoms with Crippen molar-refractivity contribution in [2.45, 2.75) is 276 Å². The smallest absolute Gasteiger partial charge is 0.305 e. The summed E-state index contributed by atoms with van der Waals surface area (Å²) in [5, 5.41) is 23.1. The molecule has 2 unspecified atom stereocenters. The average molecular weight is 804 g/mol. The molecule has 0 saturated carbocycles. The molecule has 6 nitrogen and oxygen atoms in total. The van der Waals surface area contributed by atoms with Gasteiger partial charge in [-0.3, -0.25) is 9.59 Å². The molecule has 1 amide bonds. The first-order valence-corrected chi connectivity index (χ1v) is 25.1. The molecule has 0 spiro atoms. The fourth-order valence-electron chi connectivity index (χ4n) is 7.58. The lowest BCUT2D eigenvalue weighted by atomic mass is 10.0. The highest BCUT2D eigenvalue weighted by Crippen LogP contribution is 2.15. The molecule has 0 aliphatic heterocycles. The monoisotopic (exact) mass is 804 g/mol. The number of carbonyl (C=O) groups is 2. The van der Waals surface area contributed by atoms with Gasteiger partial charge in [-0.25, -0.2) is 0 Å². The fraction of sp³-hybridized carbons (Fsp3) is 0.882. The molecule has 0 aromatic carbocycles. The van der Waals surface area contributed by atoms with E-state index in [0.717, 1.165) is 70.6 Å². The standard InChI is InChI=1S/C51H97NO5/c1-3-5-7-9-11-13-15-17-18-19-20-21-22-23-25-29-33-37-41-45-51(56)57-46-42-38-34-30-26-28-32-36-40-44-50(55)52-48(47-53)49(54)43-39-35-31-27-24-16-14-12-10-8-6-4-2/h17-18,28,32,48-49,53-54H,3-16,19-27,29-31,33-47H2,1-2H3,(H,52,55)/b18-17-,32-28-. The number of hydrogen-bond acceptors (Lipinski definition) is 5. The number of amides is 1. The summed E-state index contributed by atoms with van der Waals surface area (Å²) >= 11 is 0. The van der Waals surface area contributed by atoms with Crippen LogP contribution in [-0.2, 0) is 14.3 Å². The number of hydrogen-bond donors (Lipinski definition) is 3. The van der Waals surface area contributed by atoms with E-state index >= 15 is 0 Å². The van der Waals surface area contributed by atoms with Gasteiger partial charge in [0.05, 0.1) is 25.4 Å². The Morgan fingerprint density at radius 3 is 1.28 bits per heavy atom. The highest BCUT2D eigenvalue weighted by Gasteiger charge is 2.20. The third-order valence-electron chi connectivity index (χ3n) is 11.5. The van der Waals surface area contributed by atoms with Crippen LogP contribution in [0, 0.1) is 0 Å². The van der Waals surface area contributed by atoms with Gasteiger partial charge in [-0.1, -0.05) is 205 Å². The van der Waals surface area contributed by atoms with Crippen LogP contribution in [0.5, 0.6) is 0 Å². The maximum atomic E-state index is 12.4. The predicted octanol–water partition coefficient (Wildman–Crippen LogP) is 14.7. The van der Waals surface area contributed by atoms with Crippen LogP contribution in [0.4, 0.5) is 0 Å². The van der Waals surface area contributed by atoms with E-state index in [1.165, 1.54) is 161 Å². The van der Waals surface area contributed by atoms with E-state index in [1.807, 2.05) is 0 Å². The van der Waals surface area contributed by atoms with E-state index in [0.29, 0.717) is 25.9 Å². The number of esters is 1. The van der Waals surface area contributed by atoms with Crippen LogP contribution in [0.2, 0.25) is 0 Å². The van der Waals surface area contributed by atoms with Crippen molar-refractivity contribution in [1.82, 2.24) is 5.32 Å². The van der Waals surface area contributed by atoms with Crippen LogP contribution in [0.1, 0.15) is 264 Å². The molecule has 0 radical (unpaired) electrons. The van der Waals surface area contributed by atoms with E-state index < -0.39 is 12.1 Å². The lowest BCUT2D eigenvalue weighted by Crippen LogP contribution is -2.45. The third kappa shape index (κ3) is 43.7. The highest BCUT2D eigenvalue weighted by atomic mass is 16.5. The summed E-state index contributed by atoms with van der Waals surface area (Å²) in [6.07, 6.45) is 54.4. The van der Waals surface area contributed by atoms with Crippen LogP contribution in [0.15, 0.2) is 24.3 Å². The zero-order chi connectivity index (χ0) is 41.5. The second-order valence-electron chi connectivity index (χ2n) is 17.1. The molecule has 0 aromatic rings. The summed E-state index contributed by atoms with van der Waals surface area (Å²) in [6, 6.07) is -0.578. The maximum absolute atomic E-state index is 12.4. The van der Waals surface area contributed by atoms with Crippen molar-refractivity contribution in [3.05, 3.63) is 24.3 Å². The van der Waals surface area contributed by atoms with Gasteiger partial charge in [0, 0.05) is 12.8 Å². The Labute approximate surface area is 354 Å². The summed E-state index contributed by atoms with van der Waals surface area (Å²) in [7, 11) is 0. The van der Waals surface area contributed by atoms with E-state index in [-0.39, 0.29) is 18.5 Å². The van der Waals surface area contributed by atoms with E-state index in [1.54, 1.807) is 0 Å². The molecule has 0 saturated heterocycles. The number of nitrogens with one attached hydrogen (secondary N) is 1. The van der Waals surface area contributed by atoms with E-state index in [4.69, 9.17) is 4.74 Å². The first kappa shape index (κ1) is 55.3. The van der Waals surface area contributed by atoms with Crippen molar-refractivity contribution >= 4 is 11.9 Å². The molecule has 57 heavy (non-hydrogen) atoms. The van der Waals surface area contributed by atoms with Gasteiger partial charge in [0.2, 0.25) is 5.91 Å². The molecule has 0 heterocycles. The number of unbranched alkanes of at least 4 members (excludes halogenated alkanes) is 31. The molecule has 0 fully saturated rings. The Bertz CT molecular complexity index is 889. The molecule has 0 aliphatic rings. The lowest BCUT2D eigenvalue weighted by Gasteiger charge is -2.22. The first-order chi connectivity index (χ1) is 28.0. The Balaban J connectivity index is 3.51. The molecule has 0 rings (SSSR count). The maximum Gasteiger partial charge on any atom is 0.305 e. The van der Waals surface area contributed by atoms with Crippen molar-refractivity contribution in [3.8, 4) is 0 Å². The molecule has 0 bridgehead atoms. The van der Waals surface area contributed by atoms with Crippen LogP contribution in [0.3, 0.4) is 0 Å². The largest absolute Gasteiger partial charge is 0.466 e. The Kier molecular flexibility index (Phi) is 45.7. The molecular formula is C51H97NO5. The summed E-state index contributed by atoms with van der Waals surface area (Å²) in [6.45, 7) is 4.85. The number of carbonyl (C=O) groups excluding carboxylic acids is 2. The molecule has 0 aromatic heterocycles. The van der Waals surface area contributed by atoms with Gasteiger partial charge >= 0.3 is 5.97 Å².